The molecular formula is C23H31N3O. The second-order valence-electron chi connectivity index (χ2n) is 7.48. The summed E-state index contributed by atoms with van der Waals surface area (Å²) in [4.78, 5) is 17.1. The maximum atomic E-state index is 12.3. The molecule has 1 fully saturated rings. The molecule has 1 heterocycles. The van der Waals surface area contributed by atoms with Gasteiger partial charge in [-0.25, -0.2) is 0 Å². The Morgan fingerprint density at radius 1 is 0.926 bits per heavy atom. The van der Waals surface area contributed by atoms with E-state index in [1.807, 2.05) is 12.1 Å². The van der Waals surface area contributed by atoms with Crippen LogP contribution in [-0.2, 0) is 17.6 Å². The van der Waals surface area contributed by atoms with Gasteiger partial charge in [-0.3, -0.25) is 4.79 Å². The number of benzene rings is 2. The van der Waals surface area contributed by atoms with Crippen LogP contribution in [0.1, 0.15) is 30.9 Å². The van der Waals surface area contributed by atoms with Crippen LogP contribution in [0.15, 0.2) is 48.5 Å². The second-order valence-corrected chi connectivity index (χ2v) is 7.48. The number of anilines is 2. The number of hydrogen-bond donors (Lipinski definition) is 1. The molecule has 0 atom stereocenters. The molecule has 2 aromatic carbocycles. The lowest BCUT2D eigenvalue weighted by molar-refractivity contribution is -0.115. The third-order valence-corrected chi connectivity index (χ3v) is 5.23. The number of amides is 1. The van der Waals surface area contributed by atoms with Crippen molar-refractivity contribution in [3.8, 4) is 0 Å². The molecule has 0 bridgehead atoms. The largest absolute Gasteiger partial charge is 0.369 e. The molecular weight excluding hydrogens is 334 g/mol. The molecule has 0 spiro atoms. The summed E-state index contributed by atoms with van der Waals surface area (Å²) >= 11 is 0. The van der Waals surface area contributed by atoms with E-state index < -0.39 is 0 Å². The van der Waals surface area contributed by atoms with Gasteiger partial charge in [0.15, 0.2) is 0 Å². The first kappa shape index (κ1) is 19.4. The Labute approximate surface area is 163 Å². The lowest BCUT2D eigenvalue weighted by atomic mass is 10.0. The SMILES string of the molecule is CCCCc1ccc(CC(=O)Nc2ccc(N3CCN(C)CC3)cc2)cc1. The van der Waals surface area contributed by atoms with Crippen LogP contribution >= 0.6 is 0 Å². The van der Waals surface area contributed by atoms with Gasteiger partial charge in [0.2, 0.25) is 5.91 Å². The van der Waals surface area contributed by atoms with Crippen LogP contribution in [0.25, 0.3) is 0 Å². The summed E-state index contributed by atoms with van der Waals surface area (Å²) < 4.78 is 0. The van der Waals surface area contributed by atoms with Crippen LogP contribution in [-0.4, -0.2) is 44.0 Å². The maximum Gasteiger partial charge on any atom is 0.228 e. The van der Waals surface area contributed by atoms with Crippen LogP contribution < -0.4 is 10.2 Å². The first-order valence-corrected chi connectivity index (χ1v) is 10.1. The molecule has 4 heteroatoms. The van der Waals surface area contributed by atoms with Gasteiger partial charge in [0.1, 0.15) is 0 Å². The van der Waals surface area contributed by atoms with E-state index in [0.717, 1.165) is 43.9 Å². The van der Waals surface area contributed by atoms with E-state index in [-0.39, 0.29) is 5.91 Å². The number of hydrogen-bond acceptors (Lipinski definition) is 3. The van der Waals surface area contributed by atoms with Gasteiger partial charge in [0.05, 0.1) is 6.42 Å². The number of rotatable bonds is 7. The molecule has 0 unspecified atom stereocenters. The fraction of sp³-hybridized carbons (Fsp3) is 0.435. The monoisotopic (exact) mass is 365 g/mol. The molecule has 0 saturated carbocycles. The number of likely N-dealkylation sites (N-methyl/N-ethyl adjacent to an activating group) is 1. The van der Waals surface area contributed by atoms with E-state index in [1.54, 1.807) is 0 Å². The van der Waals surface area contributed by atoms with Gasteiger partial charge in [-0.05, 0) is 55.3 Å². The summed E-state index contributed by atoms with van der Waals surface area (Å²) in [6, 6.07) is 16.6. The number of carbonyl (C=O) groups excluding carboxylic acids is 1. The van der Waals surface area contributed by atoms with E-state index in [2.05, 4.69) is 65.5 Å². The minimum atomic E-state index is 0.0312. The number of aryl methyl sites for hydroxylation is 1. The van der Waals surface area contributed by atoms with Crippen LogP contribution in [0.4, 0.5) is 11.4 Å². The smallest absolute Gasteiger partial charge is 0.228 e. The molecule has 4 nitrogen and oxygen atoms in total. The van der Waals surface area contributed by atoms with Crippen molar-refractivity contribution in [2.75, 3.05) is 43.4 Å². The van der Waals surface area contributed by atoms with E-state index in [4.69, 9.17) is 0 Å². The molecule has 0 aliphatic carbocycles. The highest BCUT2D eigenvalue weighted by molar-refractivity contribution is 5.92. The van der Waals surface area contributed by atoms with Crippen molar-refractivity contribution >= 4 is 17.3 Å². The minimum absolute atomic E-state index is 0.0312. The minimum Gasteiger partial charge on any atom is -0.369 e. The molecule has 144 valence electrons. The van der Waals surface area contributed by atoms with Crippen LogP contribution in [0.3, 0.4) is 0 Å². The highest BCUT2D eigenvalue weighted by Gasteiger charge is 2.14. The van der Waals surface area contributed by atoms with Gasteiger partial charge in [0, 0.05) is 37.6 Å². The zero-order valence-electron chi connectivity index (χ0n) is 16.6. The summed E-state index contributed by atoms with van der Waals surface area (Å²) in [6.45, 7) is 6.49. The van der Waals surface area contributed by atoms with Crippen molar-refractivity contribution in [2.45, 2.75) is 32.6 Å². The van der Waals surface area contributed by atoms with Gasteiger partial charge in [0.25, 0.3) is 0 Å². The van der Waals surface area contributed by atoms with Gasteiger partial charge in [-0.2, -0.15) is 0 Å². The molecule has 0 aromatic heterocycles. The average molecular weight is 366 g/mol. The quantitative estimate of drug-likeness (QED) is 0.807. The Morgan fingerprint density at radius 3 is 2.19 bits per heavy atom. The predicted molar refractivity (Wildman–Crippen MR) is 114 cm³/mol. The van der Waals surface area contributed by atoms with Crippen molar-refractivity contribution < 1.29 is 4.79 Å². The Morgan fingerprint density at radius 2 is 1.56 bits per heavy atom. The van der Waals surface area contributed by atoms with Crippen LogP contribution in [0, 0.1) is 0 Å². The number of nitrogens with zero attached hydrogens (tertiary/aromatic N) is 2. The molecule has 1 aliphatic heterocycles. The summed E-state index contributed by atoms with van der Waals surface area (Å²) in [5, 5.41) is 3.01. The topological polar surface area (TPSA) is 35.6 Å². The number of piperazine rings is 1. The predicted octanol–water partition coefficient (Wildman–Crippen LogP) is 3.96. The van der Waals surface area contributed by atoms with E-state index in [0.29, 0.717) is 6.42 Å². The van der Waals surface area contributed by atoms with Crippen molar-refractivity contribution in [1.82, 2.24) is 4.90 Å². The van der Waals surface area contributed by atoms with Gasteiger partial charge in [-0.1, -0.05) is 37.6 Å². The standard InChI is InChI=1S/C23H31N3O/c1-3-4-5-19-6-8-20(9-7-19)18-23(27)24-21-10-12-22(13-11-21)26-16-14-25(2)15-17-26/h6-13H,3-5,14-18H2,1-2H3,(H,24,27). The van der Waals surface area contributed by atoms with E-state index in [1.165, 1.54) is 24.1 Å². The van der Waals surface area contributed by atoms with Crippen molar-refractivity contribution in [3.63, 3.8) is 0 Å². The summed E-state index contributed by atoms with van der Waals surface area (Å²) in [5.74, 6) is 0.0312. The lowest BCUT2D eigenvalue weighted by Gasteiger charge is -2.34. The third kappa shape index (κ3) is 5.83. The lowest BCUT2D eigenvalue weighted by Crippen LogP contribution is -2.44. The second kappa shape index (κ2) is 9.56. The number of nitrogens with one attached hydrogen (secondary N) is 1. The molecule has 1 saturated heterocycles. The number of unbranched alkanes of at least 4 members (excludes halogenated alkanes) is 1. The third-order valence-electron chi connectivity index (χ3n) is 5.23. The molecule has 27 heavy (non-hydrogen) atoms. The van der Waals surface area contributed by atoms with Gasteiger partial charge >= 0.3 is 0 Å². The molecule has 3 rings (SSSR count). The van der Waals surface area contributed by atoms with Crippen LogP contribution in [0.2, 0.25) is 0 Å². The average Bonchev–Trinajstić information content (AvgIpc) is 2.69. The summed E-state index contributed by atoms with van der Waals surface area (Å²) in [7, 11) is 2.16. The fourth-order valence-corrected chi connectivity index (χ4v) is 3.42. The van der Waals surface area contributed by atoms with Crippen molar-refractivity contribution in [2.24, 2.45) is 0 Å². The maximum absolute atomic E-state index is 12.3. The first-order chi connectivity index (χ1) is 13.1. The highest BCUT2D eigenvalue weighted by Crippen LogP contribution is 2.19. The van der Waals surface area contributed by atoms with E-state index in [9.17, 15) is 4.79 Å². The molecule has 0 radical (unpaired) electrons. The molecule has 1 aliphatic rings. The van der Waals surface area contributed by atoms with Gasteiger partial charge in [-0.15, -0.1) is 0 Å². The summed E-state index contributed by atoms with van der Waals surface area (Å²) in [5.41, 5.74) is 4.49. The highest BCUT2D eigenvalue weighted by atomic mass is 16.1. The normalized spacial score (nSPS) is 15.0. The van der Waals surface area contributed by atoms with E-state index >= 15 is 0 Å². The first-order valence-electron chi connectivity index (χ1n) is 10.1. The van der Waals surface area contributed by atoms with Crippen LogP contribution in [0.5, 0.6) is 0 Å². The molecule has 2 aromatic rings. The fourth-order valence-electron chi connectivity index (χ4n) is 3.42. The Kier molecular flexibility index (Phi) is 6.88. The van der Waals surface area contributed by atoms with Gasteiger partial charge < -0.3 is 15.1 Å². The Bertz CT molecular complexity index is 716. The number of carbonyl (C=O) groups is 1. The Balaban J connectivity index is 1.50. The molecule has 1 amide bonds. The zero-order chi connectivity index (χ0) is 19.1. The summed E-state index contributed by atoms with van der Waals surface area (Å²) in [6.07, 6.45) is 3.94. The molecule has 1 N–H and O–H groups in total. The van der Waals surface area contributed by atoms with Crippen molar-refractivity contribution in [3.05, 3.63) is 59.7 Å². The zero-order valence-corrected chi connectivity index (χ0v) is 16.6. The Hall–Kier alpha value is -2.33. The van der Waals surface area contributed by atoms with Crippen molar-refractivity contribution in [1.29, 1.82) is 0 Å².